The molecule has 4 rings (SSSR count). The number of rotatable bonds is 5. The normalized spacial score (nSPS) is 17.9. The SMILES string of the molecule is O=S(=O)(Cc1noc2ccccc12)NC[C@@H]1CCc2nccn2C1. The fourth-order valence-corrected chi connectivity index (χ4v) is 4.28. The Labute approximate surface area is 139 Å². The van der Waals surface area contributed by atoms with Gasteiger partial charge in [-0.1, -0.05) is 17.3 Å². The summed E-state index contributed by atoms with van der Waals surface area (Å²) >= 11 is 0. The van der Waals surface area contributed by atoms with E-state index >= 15 is 0 Å². The molecular weight excluding hydrogens is 328 g/mol. The van der Waals surface area contributed by atoms with E-state index in [1.807, 2.05) is 24.4 Å². The zero-order chi connectivity index (χ0) is 16.6. The van der Waals surface area contributed by atoms with Gasteiger partial charge in [-0.3, -0.25) is 0 Å². The summed E-state index contributed by atoms with van der Waals surface area (Å²) in [6.45, 7) is 1.22. The van der Waals surface area contributed by atoms with Gasteiger partial charge in [-0.15, -0.1) is 0 Å². The van der Waals surface area contributed by atoms with Gasteiger partial charge in [0, 0.05) is 37.3 Å². The van der Waals surface area contributed by atoms with Crippen LogP contribution in [0.2, 0.25) is 0 Å². The molecule has 3 heterocycles. The zero-order valence-electron chi connectivity index (χ0n) is 13.1. The van der Waals surface area contributed by atoms with Crippen LogP contribution in [0.4, 0.5) is 0 Å². The Hall–Kier alpha value is -2.19. The van der Waals surface area contributed by atoms with Crippen molar-refractivity contribution in [3.8, 4) is 0 Å². The van der Waals surface area contributed by atoms with Crippen molar-refractivity contribution in [2.24, 2.45) is 5.92 Å². The van der Waals surface area contributed by atoms with Crippen LogP contribution in [0, 0.1) is 5.92 Å². The maximum atomic E-state index is 12.4. The van der Waals surface area contributed by atoms with Gasteiger partial charge in [0.2, 0.25) is 10.0 Å². The van der Waals surface area contributed by atoms with E-state index in [-0.39, 0.29) is 11.7 Å². The van der Waals surface area contributed by atoms with Crippen molar-refractivity contribution in [1.29, 1.82) is 0 Å². The number of nitrogens with zero attached hydrogens (tertiary/aromatic N) is 3. The molecule has 0 saturated carbocycles. The highest BCUT2D eigenvalue weighted by Crippen LogP contribution is 2.21. The second-order valence-corrected chi connectivity index (χ2v) is 7.94. The Balaban J connectivity index is 1.41. The minimum absolute atomic E-state index is 0.174. The second-order valence-electron chi connectivity index (χ2n) is 6.13. The number of para-hydroxylation sites is 1. The smallest absolute Gasteiger partial charge is 0.217 e. The molecule has 126 valence electrons. The Morgan fingerprint density at radius 3 is 3.12 bits per heavy atom. The molecule has 1 aliphatic heterocycles. The number of hydrogen-bond acceptors (Lipinski definition) is 5. The topological polar surface area (TPSA) is 90.0 Å². The Morgan fingerprint density at radius 1 is 1.33 bits per heavy atom. The summed E-state index contributed by atoms with van der Waals surface area (Å²) in [5.41, 5.74) is 1.04. The lowest BCUT2D eigenvalue weighted by molar-refractivity contribution is 0.363. The van der Waals surface area contributed by atoms with E-state index in [1.54, 1.807) is 12.3 Å². The van der Waals surface area contributed by atoms with Gasteiger partial charge in [-0.05, 0) is 24.5 Å². The molecule has 8 heteroatoms. The van der Waals surface area contributed by atoms with Crippen molar-refractivity contribution in [3.63, 3.8) is 0 Å². The van der Waals surface area contributed by atoms with Crippen LogP contribution in [0.5, 0.6) is 0 Å². The van der Waals surface area contributed by atoms with Crippen LogP contribution >= 0.6 is 0 Å². The second kappa shape index (κ2) is 6.03. The summed E-state index contributed by atoms with van der Waals surface area (Å²) in [6.07, 6.45) is 5.55. The number of sulfonamides is 1. The molecule has 0 spiro atoms. The maximum Gasteiger partial charge on any atom is 0.217 e. The fraction of sp³-hybridized carbons (Fsp3) is 0.375. The quantitative estimate of drug-likeness (QED) is 0.759. The summed E-state index contributed by atoms with van der Waals surface area (Å²) in [7, 11) is -3.46. The number of nitrogens with one attached hydrogen (secondary N) is 1. The molecule has 0 saturated heterocycles. The summed E-state index contributed by atoms with van der Waals surface area (Å²) in [5, 5.41) is 4.63. The molecule has 0 amide bonds. The molecule has 0 aliphatic carbocycles. The molecule has 0 fully saturated rings. The van der Waals surface area contributed by atoms with Crippen molar-refractivity contribution in [1.82, 2.24) is 19.4 Å². The van der Waals surface area contributed by atoms with Crippen LogP contribution in [0.3, 0.4) is 0 Å². The van der Waals surface area contributed by atoms with Crippen molar-refractivity contribution in [2.75, 3.05) is 6.54 Å². The zero-order valence-corrected chi connectivity index (χ0v) is 13.9. The molecule has 3 aromatic rings. The van der Waals surface area contributed by atoms with E-state index in [4.69, 9.17) is 4.52 Å². The predicted molar refractivity (Wildman–Crippen MR) is 88.7 cm³/mol. The Morgan fingerprint density at radius 2 is 2.21 bits per heavy atom. The molecule has 24 heavy (non-hydrogen) atoms. The lowest BCUT2D eigenvalue weighted by atomic mass is 10.00. The monoisotopic (exact) mass is 346 g/mol. The number of fused-ring (bicyclic) bond motifs is 2. The number of hydrogen-bond donors (Lipinski definition) is 1. The third kappa shape index (κ3) is 3.07. The van der Waals surface area contributed by atoms with E-state index in [9.17, 15) is 8.42 Å². The number of benzene rings is 1. The molecule has 7 nitrogen and oxygen atoms in total. The molecule has 0 radical (unpaired) electrons. The van der Waals surface area contributed by atoms with Gasteiger partial charge in [0.1, 0.15) is 17.3 Å². The van der Waals surface area contributed by atoms with E-state index in [1.165, 1.54) is 0 Å². The van der Waals surface area contributed by atoms with Gasteiger partial charge in [0.25, 0.3) is 0 Å². The van der Waals surface area contributed by atoms with E-state index in [0.717, 1.165) is 30.6 Å². The van der Waals surface area contributed by atoms with Crippen LogP contribution in [0.25, 0.3) is 11.0 Å². The van der Waals surface area contributed by atoms with Crippen LogP contribution in [-0.4, -0.2) is 29.7 Å². The van der Waals surface area contributed by atoms with E-state index in [2.05, 4.69) is 19.4 Å². The third-order valence-corrected chi connectivity index (χ3v) is 5.66. The molecule has 1 atom stereocenters. The third-order valence-electron chi connectivity index (χ3n) is 4.40. The van der Waals surface area contributed by atoms with Crippen LogP contribution < -0.4 is 4.72 Å². The lowest BCUT2D eigenvalue weighted by Gasteiger charge is -2.23. The molecule has 0 unspecified atom stereocenters. The van der Waals surface area contributed by atoms with Crippen LogP contribution in [-0.2, 0) is 28.7 Å². The molecule has 2 aromatic heterocycles. The summed E-state index contributed by atoms with van der Waals surface area (Å²) in [4.78, 5) is 4.28. The molecule has 1 N–H and O–H groups in total. The highest BCUT2D eigenvalue weighted by atomic mass is 32.2. The molecule has 1 aromatic carbocycles. The molecular formula is C16H18N4O3S. The van der Waals surface area contributed by atoms with E-state index in [0.29, 0.717) is 17.8 Å². The number of imidazole rings is 1. The van der Waals surface area contributed by atoms with E-state index < -0.39 is 10.0 Å². The predicted octanol–water partition coefficient (Wildman–Crippen LogP) is 1.71. The first-order valence-electron chi connectivity index (χ1n) is 7.91. The highest BCUT2D eigenvalue weighted by molar-refractivity contribution is 7.88. The van der Waals surface area contributed by atoms with Gasteiger partial charge in [0.05, 0.1) is 0 Å². The number of aryl methyl sites for hydroxylation is 1. The first-order chi connectivity index (χ1) is 11.6. The van der Waals surface area contributed by atoms with Gasteiger partial charge in [-0.2, -0.15) is 0 Å². The first-order valence-corrected chi connectivity index (χ1v) is 9.56. The average molecular weight is 346 g/mol. The molecule has 1 aliphatic rings. The Bertz CT molecular complexity index is 961. The van der Waals surface area contributed by atoms with Gasteiger partial charge in [-0.25, -0.2) is 18.1 Å². The van der Waals surface area contributed by atoms with Crippen molar-refractivity contribution in [3.05, 3.63) is 48.2 Å². The average Bonchev–Trinajstić information content (AvgIpc) is 3.19. The van der Waals surface area contributed by atoms with Gasteiger partial charge >= 0.3 is 0 Å². The standard InChI is InChI=1S/C16H18N4O3S/c21-24(22,11-14-13-3-1-2-4-15(13)23-19-14)18-9-12-5-6-16-17-7-8-20(16)10-12/h1-4,7-8,12,18H,5-6,9-11H2/t12-/m0/s1. The minimum atomic E-state index is -3.46. The summed E-state index contributed by atoms with van der Waals surface area (Å²) in [5.74, 6) is 1.17. The summed E-state index contributed by atoms with van der Waals surface area (Å²) in [6, 6.07) is 7.26. The van der Waals surface area contributed by atoms with Crippen LogP contribution in [0.15, 0.2) is 41.2 Å². The fourth-order valence-electron chi connectivity index (χ4n) is 3.12. The molecule has 0 bridgehead atoms. The van der Waals surface area contributed by atoms with Crippen molar-refractivity contribution in [2.45, 2.75) is 25.1 Å². The lowest BCUT2D eigenvalue weighted by Crippen LogP contribution is -2.34. The highest BCUT2D eigenvalue weighted by Gasteiger charge is 2.22. The van der Waals surface area contributed by atoms with Crippen molar-refractivity contribution < 1.29 is 12.9 Å². The first kappa shape index (κ1) is 15.3. The Kier molecular flexibility index (Phi) is 3.85. The van der Waals surface area contributed by atoms with Crippen LogP contribution in [0.1, 0.15) is 17.9 Å². The van der Waals surface area contributed by atoms with Crippen molar-refractivity contribution >= 4 is 21.0 Å². The maximum absolute atomic E-state index is 12.4. The number of aromatic nitrogens is 3. The minimum Gasteiger partial charge on any atom is -0.356 e. The summed E-state index contributed by atoms with van der Waals surface area (Å²) < 4.78 is 34.7. The van der Waals surface area contributed by atoms with Gasteiger partial charge in [0.15, 0.2) is 5.58 Å². The van der Waals surface area contributed by atoms with Gasteiger partial charge < -0.3 is 9.09 Å². The largest absolute Gasteiger partial charge is 0.356 e.